The number of carbonyl (C=O) groups is 2. The van der Waals surface area contributed by atoms with Crippen molar-refractivity contribution in [2.75, 3.05) is 17.8 Å². The Balaban J connectivity index is 2.42. The number of hydrogen-bond acceptors (Lipinski definition) is 5. The lowest BCUT2D eigenvalue weighted by atomic mass is 10.2. The van der Waals surface area contributed by atoms with Gasteiger partial charge in [0, 0.05) is 12.8 Å². The van der Waals surface area contributed by atoms with Crippen molar-refractivity contribution in [3.05, 3.63) is 29.8 Å². The van der Waals surface area contributed by atoms with Gasteiger partial charge in [-0.3, -0.25) is 9.59 Å². The second-order valence-corrected chi connectivity index (χ2v) is 7.08. The fourth-order valence-electron chi connectivity index (χ4n) is 1.34. The van der Waals surface area contributed by atoms with Gasteiger partial charge >= 0.3 is 5.97 Å². The SMILES string of the molecule is CS(=O)(=O)c1ccc(CNC(=O)CSCC(=O)O)cc1. The molecule has 1 aromatic rings. The summed E-state index contributed by atoms with van der Waals surface area (Å²) < 4.78 is 22.5. The molecule has 0 spiro atoms. The standard InChI is InChI=1S/C12H15NO5S2/c1-20(17,18)10-4-2-9(3-5-10)6-13-11(14)7-19-8-12(15)16/h2-5H,6-8H2,1H3,(H,13,14)(H,15,16). The van der Waals surface area contributed by atoms with Gasteiger partial charge in [0.1, 0.15) is 0 Å². The minimum Gasteiger partial charge on any atom is -0.481 e. The molecule has 0 saturated heterocycles. The summed E-state index contributed by atoms with van der Waals surface area (Å²) in [6, 6.07) is 6.22. The van der Waals surface area contributed by atoms with Gasteiger partial charge in [0.15, 0.2) is 9.84 Å². The lowest BCUT2D eigenvalue weighted by molar-refractivity contribution is -0.133. The van der Waals surface area contributed by atoms with Crippen LogP contribution in [0, 0.1) is 0 Å². The van der Waals surface area contributed by atoms with E-state index in [0.717, 1.165) is 23.6 Å². The van der Waals surface area contributed by atoms with Crippen molar-refractivity contribution in [2.45, 2.75) is 11.4 Å². The highest BCUT2D eigenvalue weighted by molar-refractivity contribution is 8.00. The van der Waals surface area contributed by atoms with Crippen LogP contribution in [0.4, 0.5) is 0 Å². The van der Waals surface area contributed by atoms with Crippen molar-refractivity contribution in [1.29, 1.82) is 0 Å². The highest BCUT2D eigenvalue weighted by Gasteiger charge is 2.07. The van der Waals surface area contributed by atoms with Crippen molar-refractivity contribution < 1.29 is 23.1 Å². The molecular weight excluding hydrogens is 302 g/mol. The molecule has 1 rings (SSSR count). The number of rotatable bonds is 7. The summed E-state index contributed by atoms with van der Waals surface area (Å²) in [5.41, 5.74) is 0.772. The van der Waals surface area contributed by atoms with Gasteiger partial charge in [-0.15, -0.1) is 11.8 Å². The van der Waals surface area contributed by atoms with Gasteiger partial charge in [-0.1, -0.05) is 12.1 Å². The average Bonchev–Trinajstić information content (AvgIpc) is 2.35. The van der Waals surface area contributed by atoms with Crippen molar-refractivity contribution >= 4 is 33.5 Å². The van der Waals surface area contributed by atoms with Gasteiger partial charge < -0.3 is 10.4 Å². The van der Waals surface area contributed by atoms with Crippen LogP contribution >= 0.6 is 11.8 Å². The molecule has 0 saturated carbocycles. The topological polar surface area (TPSA) is 101 Å². The number of carbonyl (C=O) groups excluding carboxylic acids is 1. The molecule has 0 atom stereocenters. The highest BCUT2D eigenvalue weighted by Crippen LogP contribution is 2.10. The molecule has 0 unspecified atom stereocenters. The zero-order chi connectivity index (χ0) is 15.2. The molecule has 0 heterocycles. The van der Waals surface area contributed by atoms with Crippen molar-refractivity contribution in [1.82, 2.24) is 5.32 Å². The minimum atomic E-state index is -3.22. The predicted octanol–water partition coefficient (Wildman–Crippen LogP) is 0.524. The summed E-state index contributed by atoms with van der Waals surface area (Å²) in [6.45, 7) is 0.274. The van der Waals surface area contributed by atoms with E-state index in [1.807, 2.05) is 0 Å². The third-order valence-electron chi connectivity index (χ3n) is 2.30. The molecule has 20 heavy (non-hydrogen) atoms. The first-order chi connectivity index (χ1) is 9.29. The average molecular weight is 317 g/mol. The van der Waals surface area contributed by atoms with E-state index in [0.29, 0.717) is 0 Å². The van der Waals surface area contributed by atoms with Crippen molar-refractivity contribution in [2.24, 2.45) is 0 Å². The maximum absolute atomic E-state index is 11.4. The smallest absolute Gasteiger partial charge is 0.313 e. The summed E-state index contributed by atoms with van der Waals surface area (Å²) in [5, 5.41) is 11.1. The molecule has 0 aliphatic heterocycles. The van der Waals surface area contributed by atoms with E-state index in [9.17, 15) is 18.0 Å². The number of carboxylic acids is 1. The van der Waals surface area contributed by atoms with Crippen molar-refractivity contribution in [3.63, 3.8) is 0 Å². The summed E-state index contributed by atoms with van der Waals surface area (Å²) in [4.78, 5) is 21.9. The Morgan fingerprint density at radius 3 is 2.30 bits per heavy atom. The van der Waals surface area contributed by atoms with Crippen LogP contribution in [-0.4, -0.2) is 43.2 Å². The zero-order valence-corrected chi connectivity index (χ0v) is 12.5. The number of nitrogens with one attached hydrogen (secondary N) is 1. The Morgan fingerprint density at radius 1 is 1.20 bits per heavy atom. The quantitative estimate of drug-likeness (QED) is 0.760. The molecule has 6 nitrogen and oxygen atoms in total. The first-order valence-electron chi connectivity index (χ1n) is 5.64. The first kappa shape index (κ1) is 16.5. The molecule has 0 fully saturated rings. The van der Waals surface area contributed by atoms with Gasteiger partial charge in [-0.05, 0) is 17.7 Å². The zero-order valence-electron chi connectivity index (χ0n) is 10.8. The number of thioether (sulfide) groups is 1. The third kappa shape index (κ3) is 6.07. The Kier molecular flexibility index (Phi) is 6.03. The van der Waals surface area contributed by atoms with E-state index in [2.05, 4.69) is 5.32 Å². The summed E-state index contributed by atoms with van der Waals surface area (Å²) in [7, 11) is -3.22. The number of aliphatic carboxylic acids is 1. The molecule has 1 aromatic carbocycles. The fraction of sp³-hybridized carbons (Fsp3) is 0.333. The van der Waals surface area contributed by atoms with E-state index in [1.165, 1.54) is 12.1 Å². The highest BCUT2D eigenvalue weighted by atomic mass is 32.2. The second-order valence-electron chi connectivity index (χ2n) is 4.08. The minimum absolute atomic E-state index is 0.0771. The van der Waals surface area contributed by atoms with E-state index in [4.69, 9.17) is 5.11 Å². The monoisotopic (exact) mass is 317 g/mol. The van der Waals surface area contributed by atoms with Gasteiger partial charge in [0.2, 0.25) is 5.91 Å². The van der Waals surface area contributed by atoms with Crippen LogP contribution in [-0.2, 0) is 26.0 Å². The fourth-order valence-corrected chi connectivity index (χ4v) is 2.53. The summed E-state index contributed by atoms with van der Waals surface area (Å²) in [6.07, 6.45) is 1.13. The van der Waals surface area contributed by atoms with Gasteiger partial charge in [-0.2, -0.15) is 0 Å². The Labute approximate surface area is 121 Å². The molecule has 0 aliphatic rings. The molecule has 110 valence electrons. The van der Waals surface area contributed by atoms with E-state index >= 15 is 0 Å². The molecule has 2 N–H and O–H groups in total. The Hall–Kier alpha value is -1.54. The van der Waals surface area contributed by atoms with Crippen LogP contribution in [0.1, 0.15) is 5.56 Å². The maximum Gasteiger partial charge on any atom is 0.313 e. The van der Waals surface area contributed by atoms with Crippen LogP contribution in [0.3, 0.4) is 0 Å². The molecular formula is C12H15NO5S2. The van der Waals surface area contributed by atoms with Crippen LogP contribution in [0.2, 0.25) is 0 Å². The molecule has 8 heteroatoms. The van der Waals surface area contributed by atoms with Gasteiger partial charge in [-0.25, -0.2) is 8.42 Å². The number of sulfone groups is 1. The van der Waals surface area contributed by atoms with Crippen LogP contribution in [0.15, 0.2) is 29.2 Å². The van der Waals surface area contributed by atoms with Crippen LogP contribution < -0.4 is 5.32 Å². The van der Waals surface area contributed by atoms with Crippen LogP contribution in [0.25, 0.3) is 0 Å². The number of carboxylic acid groups (broad SMARTS) is 1. The predicted molar refractivity (Wildman–Crippen MR) is 76.4 cm³/mol. The number of amides is 1. The van der Waals surface area contributed by atoms with Crippen LogP contribution in [0.5, 0.6) is 0 Å². The van der Waals surface area contributed by atoms with E-state index < -0.39 is 15.8 Å². The lowest BCUT2D eigenvalue weighted by Crippen LogP contribution is -2.25. The summed E-state index contributed by atoms with van der Waals surface area (Å²) in [5.74, 6) is -1.26. The van der Waals surface area contributed by atoms with E-state index in [1.54, 1.807) is 12.1 Å². The number of hydrogen-bond donors (Lipinski definition) is 2. The third-order valence-corrected chi connectivity index (χ3v) is 4.35. The first-order valence-corrected chi connectivity index (χ1v) is 8.69. The van der Waals surface area contributed by atoms with E-state index in [-0.39, 0.29) is 28.9 Å². The number of benzene rings is 1. The second kappa shape index (κ2) is 7.30. The maximum atomic E-state index is 11.4. The van der Waals surface area contributed by atoms with Gasteiger partial charge in [0.25, 0.3) is 0 Å². The Bertz CT molecular complexity index is 580. The largest absolute Gasteiger partial charge is 0.481 e. The van der Waals surface area contributed by atoms with Gasteiger partial charge in [0.05, 0.1) is 16.4 Å². The van der Waals surface area contributed by atoms with Crippen molar-refractivity contribution in [3.8, 4) is 0 Å². The Morgan fingerprint density at radius 2 is 1.80 bits per heavy atom. The molecule has 0 radical (unpaired) electrons. The molecule has 0 bridgehead atoms. The molecule has 0 aliphatic carbocycles. The molecule has 1 amide bonds. The lowest BCUT2D eigenvalue weighted by Gasteiger charge is -2.05. The molecule has 0 aromatic heterocycles. The summed E-state index contributed by atoms with van der Waals surface area (Å²) >= 11 is 1.02. The normalized spacial score (nSPS) is 11.1.